The largest absolute Gasteiger partial charge is 0.480 e. The van der Waals surface area contributed by atoms with Gasteiger partial charge in [0.05, 0.1) is 4.90 Å². The van der Waals surface area contributed by atoms with Crippen LogP contribution in [0.4, 0.5) is 0 Å². The van der Waals surface area contributed by atoms with E-state index in [-0.39, 0.29) is 23.6 Å². The molecule has 0 fully saturated rings. The fourth-order valence-corrected chi connectivity index (χ4v) is 3.73. The Balaban J connectivity index is 2.11. The smallest absolute Gasteiger partial charge is 0.321 e. The van der Waals surface area contributed by atoms with Gasteiger partial charge < -0.3 is 10.4 Å². The van der Waals surface area contributed by atoms with Gasteiger partial charge in [0.15, 0.2) is 0 Å². The molecule has 0 saturated heterocycles. The topological polar surface area (TPSA) is 113 Å². The van der Waals surface area contributed by atoms with Crippen molar-refractivity contribution in [3.05, 3.63) is 54.6 Å². The maximum absolute atomic E-state index is 12.5. The first kappa shape index (κ1) is 20.6. The molecule has 0 aliphatic heterocycles. The normalized spacial score (nSPS) is 12.3. The van der Waals surface area contributed by atoms with E-state index in [4.69, 9.17) is 0 Å². The number of sulfonamides is 1. The second-order valence-corrected chi connectivity index (χ2v) is 7.61. The van der Waals surface area contributed by atoms with Gasteiger partial charge in [-0.3, -0.25) is 9.59 Å². The van der Waals surface area contributed by atoms with Crippen molar-refractivity contribution >= 4 is 21.9 Å². The zero-order chi connectivity index (χ0) is 19.9. The highest BCUT2D eigenvalue weighted by Gasteiger charge is 2.26. The lowest BCUT2D eigenvalue weighted by molar-refractivity contribution is -0.139. The first-order chi connectivity index (χ1) is 12.8. The summed E-state index contributed by atoms with van der Waals surface area (Å²) < 4.78 is 27.1. The highest BCUT2D eigenvalue weighted by atomic mass is 32.2. The van der Waals surface area contributed by atoms with Gasteiger partial charge >= 0.3 is 5.97 Å². The molecule has 0 aliphatic rings. The number of carboxylic acid groups (broad SMARTS) is 1. The van der Waals surface area contributed by atoms with Gasteiger partial charge in [-0.25, -0.2) is 8.42 Å². The molecule has 3 N–H and O–H groups in total. The van der Waals surface area contributed by atoms with Crippen LogP contribution in [0, 0.1) is 0 Å². The molecule has 1 amide bonds. The van der Waals surface area contributed by atoms with Gasteiger partial charge in [-0.05, 0) is 36.6 Å². The number of nitrogens with one attached hydrogen (secondary N) is 2. The van der Waals surface area contributed by atoms with E-state index in [1.165, 1.54) is 12.1 Å². The number of rotatable bonds is 9. The summed E-state index contributed by atoms with van der Waals surface area (Å²) in [5, 5.41) is 11.8. The van der Waals surface area contributed by atoms with Crippen LogP contribution >= 0.6 is 0 Å². The molecule has 2 rings (SSSR count). The molecular weight excluding hydrogens is 368 g/mol. The summed E-state index contributed by atoms with van der Waals surface area (Å²) in [6.45, 7) is 2.17. The van der Waals surface area contributed by atoms with Gasteiger partial charge in [-0.15, -0.1) is 0 Å². The second-order valence-electron chi connectivity index (χ2n) is 5.89. The van der Waals surface area contributed by atoms with Crippen LogP contribution in [0.15, 0.2) is 59.5 Å². The number of carbonyl (C=O) groups is 2. The molecule has 0 radical (unpaired) electrons. The Morgan fingerprint density at radius 1 is 1.00 bits per heavy atom. The molecule has 8 heteroatoms. The summed E-state index contributed by atoms with van der Waals surface area (Å²) in [5.74, 6) is -1.65. The molecule has 27 heavy (non-hydrogen) atoms. The van der Waals surface area contributed by atoms with E-state index in [0.717, 1.165) is 11.1 Å². The van der Waals surface area contributed by atoms with Crippen molar-refractivity contribution in [1.82, 2.24) is 10.0 Å². The van der Waals surface area contributed by atoms with E-state index in [0.29, 0.717) is 6.54 Å². The van der Waals surface area contributed by atoms with E-state index in [2.05, 4.69) is 10.0 Å². The minimum Gasteiger partial charge on any atom is -0.480 e. The molecular formula is C19H22N2O5S. The summed E-state index contributed by atoms with van der Waals surface area (Å²) in [5.41, 5.74) is 1.79. The quantitative estimate of drug-likeness (QED) is 0.606. The van der Waals surface area contributed by atoms with Crippen LogP contribution < -0.4 is 10.0 Å². The van der Waals surface area contributed by atoms with Crippen LogP contribution in [0.2, 0.25) is 0 Å². The van der Waals surface area contributed by atoms with Gasteiger partial charge in [-0.2, -0.15) is 4.72 Å². The molecule has 0 bridgehead atoms. The summed E-state index contributed by atoms with van der Waals surface area (Å²) in [6.07, 6.45) is -0.219. The summed E-state index contributed by atoms with van der Waals surface area (Å²) in [7, 11) is -4.03. The van der Waals surface area contributed by atoms with E-state index < -0.39 is 22.0 Å². The van der Waals surface area contributed by atoms with Crippen molar-refractivity contribution in [2.24, 2.45) is 0 Å². The number of hydrogen-bond acceptors (Lipinski definition) is 4. The third-order valence-corrected chi connectivity index (χ3v) is 5.39. The van der Waals surface area contributed by atoms with E-state index in [1.807, 2.05) is 30.3 Å². The number of amides is 1. The van der Waals surface area contributed by atoms with Gasteiger partial charge in [0.25, 0.3) is 0 Å². The highest BCUT2D eigenvalue weighted by molar-refractivity contribution is 7.89. The fraction of sp³-hybridized carbons (Fsp3) is 0.263. The first-order valence-corrected chi connectivity index (χ1v) is 9.99. The third-order valence-electron chi connectivity index (χ3n) is 3.90. The van der Waals surface area contributed by atoms with Crippen LogP contribution in [0.5, 0.6) is 0 Å². The summed E-state index contributed by atoms with van der Waals surface area (Å²) >= 11 is 0. The van der Waals surface area contributed by atoms with E-state index in [9.17, 15) is 23.1 Å². The predicted molar refractivity (Wildman–Crippen MR) is 102 cm³/mol. The molecule has 0 aliphatic carbocycles. The fourth-order valence-electron chi connectivity index (χ4n) is 2.51. The number of carbonyl (C=O) groups excluding carboxylic acids is 1. The highest BCUT2D eigenvalue weighted by Crippen LogP contribution is 2.21. The molecule has 0 heterocycles. The third kappa shape index (κ3) is 5.90. The molecule has 1 atom stereocenters. The monoisotopic (exact) mass is 390 g/mol. The van der Waals surface area contributed by atoms with Crippen molar-refractivity contribution in [3.63, 3.8) is 0 Å². The predicted octanol–water partition coefficient (Wildman–Crippen LogP) is 2.00. The van der Waals surface area contributed by atoms with Crippen molar-refractivity contribution in [1.29, 1.82) is 0 Å². The van der Waals surface area contributed by atoms with Crippen molar-refractivity contribution in [2.45, 2.75) is 30.7 Å². The van der Waals surface area contributed by atoms with Gasteiger partial charge in [-0.1, -0.05) is 42.5 Å². The Labute approximate surface area is 158 Å². The molecule has 2 aromatic carbocycles. The first-order valence-electron chi connectivity index (χ1n) is 8.51. The number of benzene rings is 2. The Morgan fingerprint density at radius 2 is 1.59 bits per heavy atom. The minimum absolute atomic E-state index is 0.0357. The van der Waals surface area contributed by atoms with Crippen molar-refractivity contribution in [3.8, 4) is 11.1 Å². The van der Waals surface area contributed by atoms with Crippen molar-refractivity contribution < 1.29 is 23.1 Å². The lowest BCUT2D eigenvalue weighted by Crippen LogP contribution is -2.41. The zero-order valence-electron chi connectivity index (χ0n) is 14.9. The molecule has 2 aromatic rings. The van der Waals surface area contributed by atoms with Crippen LogP contribution in [0.3, 0.4) is 0 Å². The lowest BCUT2D eigenvalue weighted by Gasteiger charge is -2.15. The molecule has 144 valence electrons. The molecule has 0 unspecified atom stereocenters. The maximum Gasteiger partial charge on any atom is 0.321 e. The molecule has 0 aromatic heterocycles. The number of carboxylic acids is 1. The van der Waals surface area contributed by atoms with Gasteiger partial charge in [0.1, 0.15) is 6.04 Å². The molecule has 0 spiro atoms. The Morgan fingerprint density at radius 3 is 2.15 bits per heavy atom. The average molecular weight is 390 g/mol. The minimum atomic E-state index is -4.03. The average Bonchev–Trinajstić information content (AvgIpc) is 2.66. The molecule has 0 saturated carbocycles. The van der Waals surface area contributed by atoms with Crippen LogP contribution in [0.1, 0.15) is 19.8 Å². The van der Waals surface area contributed by atoms with Crippen LogP contribution in [0.25, 0.3) is 11.1 Å². The summed E-state index contributed by atoms with van der Waals surface area (Å²) in [4.78, 5) is 22.8. The Bertz CT molecular complexity index is 880. The van der Waals surface area contributed by atoms with Gasteiger partial charge in [0.2, 0.25) is 15.9 Å². The Kier molecular flexibility index (Phi) is 7.09. The number of hydrogen-bond donors (Lipinski definition) is 3. The van der Waals surface area contributed by atoms with Crippen molar-refractivity contribution in [2.75, 3.05) is 6.54 Å². The SMILES string of the molecule is CCNC(=O)CC[C@H](NS(=O)(=O)c1ccc(-c2ccccc2)cc1)C(=O)O. The Hall–Kier alpha value is -2.71. The molecule has 7 nitrogen and oxygen atoms in total. The van der Waals surface area contributed by atoms with Crippen LogP contribution in [-0.2, 0) is 19.6 Å². The zero-order valence-corrected chi connectivity index (χ0v) is 15.7. The van der Waals surface area contributed by atoms with E-state index >= 15 is 0 Å². The van der Waals surface area contributed by atoms with E-state index in [1.54, 1.807) is 19.1 Å². The van der Waals surface area contributed by atoms with Crippen LogP contribution in [-0.4, -0.2) is 38.0 Å². The lowest BCUT2D eigenvalue weighted by atomic mass is 10.1. The summed E-state index contributed by atoms with van der Waals surface area (Å²) in [6, 6.07) is 14.3. The van der Waals surface area contributed by atoms with Gasteiger partial charge in [0, 0.05) is 13.0 Å². The number of aliphatic carboxylic acids is 1. The standard InChI is InChI=1S/C19H22N2O5S/c1-2-20-18(22)13-12-17(19(23)24)21-27(25,26)16-10-8-15(9-11-16)14-6-4-3-5-7-14/h3-11,17,21H,2,12-13H2,1H3,(H,20,22)(H,23,24)/t17-/m0/s1. The maximum atomic E-state index is 12.5. The second kappa shape index (κ2) is 9.29.